The smallest absolute Gasteiger partial charge is 0.321 e. The molecule has 1 aliphatic rings. The number of piperidine rings is 1. The molecule has 0 bridgehead atoms. The average molecular weight is 385 g/mol. The minimum absolute atomic E-state index is 0.121. The van der Waals surface area contributed by atoms with Gasteiger partial charge in [-0.1, -0.05) is 13.0 Å². The highest BCUT2D eigenvalue weighted by Crippen LogP contribution is 2.24. The van der Waals surface area contributed by atoms with Gasteiger partial charge in [-0.2, -0.15) is 0 Å². The standard InChI is InChI=1S/C21H27N3O4/c1-3-12-27-19-8-5-11-24(15-19)21(25)23-16-9-10-20(22-14-16)28-18-7-4-6-17(13-18)26-2/h4,6-7,9-10,13-14,19H,3,5,8,11-12,15H2,1-2H3,(H,23,25). The fourth-order valence-electron chi connectivity index (χ4n) is 3.05. The Balaban J connectivity index is 1.54. The Kier molecular flexibility index (Phi) is 7.08. The molecule has 1 atom stereocenters. The first-order chi connectivity index (χ1) is 13.7. The molecule has 1 aliphatic heterocycles. The van der Waals surface area contributed by atoms with Crippen molar-refractivity contribution in [3.05, 3.63) is 42.6 Å². The van der Waals surface area contributed by atoms with Crippen LogP contribution in [0.2, 0.25) is 0 Å². The summed E-state index contributed by atoms with van der Waals surface area (Å²) in [7, 11) is 1.61. The van der Waals surface area contributed by atoms with E-state index in [2.05, 4.69) is 17.2 Å². The molecule has 0 saturated carbocycles. The topological polar surface area (TPSA) is 72.9 Å². The third kappa shape index (κ3) is 5.60. The lowest BCUT2D eigenvalue weighted by atomic mass is 10.1. The quantitative estimate of drug-likeness (QED) is 0.769. The van der Waals surface area contributed by atoms with Crippen LogP contribution in [-0.2, 0) is 4.74 Å². The summed E-state index contributed by atoms with van der Waals surface area (Å²) in [5.74, 6) is 1.79. The van der Waals surface area contributed by atoms with Gasteiger partial charge in [0.25, 0.3) is 0 Å². The number of amides is 2. The number of anilines is 1. The van der Waals surface area contributed by atoms with Gasteiger partial charge in [-0.25, -0.2) is 9.78 Å². The molecule has 0 radical (unpaired) electrons. The van der Waals surface area contributed by atoms with Crippen molar-refractivity contribution < 1.29 is 19.0 Å². The molecule has 2 aromatic rings. The first-order valence-electron chi connectivity index (χ1n) is 9.63. The average Bonchev–Trinajstić information content (AvgIpc) is 2.74. The molecule has 0 spiro atoms. The second-order valence-corrected chi connectivity index (χ2v) is 6.68. The number of nitrogens with one attached hydrogen (secondary N) is 1. The third-order valence-electron chi connectivity index (χ3n) is 4.47. The minimum atomic E-state index is -0.131. The lowest BCUT2D eigenvalue weighted by molar-refractivity contribution is 0.0115. The van der Waals surface area contributed by atoms with E-state index in [4.69, 9.17) is 14.2 Å². The Morgan fingerprint density at radius 2 is 2.14 bits per heavy atom. The van der Waals surface area contributed by atoms with Crippen LogP contribution in [-0.4, -0.2) is 48.8 Å². The molecule has 1 aromatic carbocycles. The van der Waals surface area contributed by atoms with Crippen LogP contribution < -0.4 is 14.8 Å². The van der Waals surface area contributed by atoms with E-state index in [0.717, 1.165) is 32.4 Å². The lowest BCUT2D eigenvalue weighted by Crippen LogP contribution is -2.45. The van der Waals surface area contributed by atoms with Crippen molar-refractivity contribution in [3.8, 4) is 17.4 Å². The SMILES string of the molecule is CCCOC1CCCN(C(=O)Nc2ccc(Oc3cccc(OC)c3)nc2)C1. The number of rotatable bonds is 7. The number of urea groups is 1. The Morgan fingerprint density at radius 3 is 2.89 bits per heavy atom. The van der Waals surface area contributed by atoms with Crippen molar-refractivity contribution in [2.75, 3.05) is 32.1 Å². The summed E-state index contributed by atoms with van der Waals surface area (Å²) in [6.07, 6.45) is 4.65. The van der Waals surface area contributed by atoms with Gasteiger partial charge in [0, 0.05) is 31.8 Å². The number of ether oxygens (including phenoxy) is 3. The number of hydrogen-bond acceptors (Lipinski definition) is 5. The van der Waals surface area contributed by atoms with Crippen molar-refractivity contribution in [1.82, 2.24) is 9.88 Å². The van der Waals surface area contributed by atoms with Gasteiger partial charge < -0.3 is 24.4 Å². The Hall–Kier alpha value is -2.80. The van der Waals surface area contributed by atoms with E-state index in [1.54, 1.807) is 36.4 Å². The highest BCUT2D eigenvalue weighted by Gasteiger charge is 2.24. The number of nitrogens with zero attached hydrogens (tertiary/aromatic N) is 2. The van der Waals surface area contributed by atoms with E-state index in [1.165, 1.54) is 0 Å². The van der Waals surface area contributed by atoms with Gasteiger partial charge in [-0.05, 0) is 37.5 Å². The van der Waals surface area contributed by atoms with Gasteiger partial charge in [0.15, 0.2) is 0 Å². The molecule has 1 fully saturated rings. The summed E-state index contributed by atoms with van der Waals surface area (Å²) < 4.78 is 16.7. The van der Waals surface area contributed by atoms with Gasteiger partial charge in [-0.15, -0.1) is 0 Å². The predicted octanol–water partition coefficient (Wildman–Crippen LogP) is 4.31. The minimum Gasteiger partial charge on any atom is -0.497 e. The number of methoxy groups -OCH3 is 1. The maximum atomic E-state index is 12.5. The Morgan fingerprint density at radius 1 is 1.29 bits per heavy atom. The molecule has 3 rings (SSSR count). The summed E-state index contributed by atoms with van der Waals surface area (Å²) in [6, 6.07) is 10.7. The monoisotopic (exact) mass is 385 g/mol. The van der Waals surface area contributed by atoms with Crippen LogP contribution in [0.4, 0.5) is 10.5 Å². The summed E-state index contributed by atoms with van der Waals surface area (Å²) in [4.78, 5) is 18.6. The van der Waals surface area contributed by atoms with E-state index in [1.807, 2.05) is 18.2 Å². The zero-order valence-corrected chi connectivity index (χ0v) is 16.4. The zero-order valence-electron chi connectivity index (χ0n) is 16.4. The van der Waals surface area contributed by atoms with Crippen LogP contribution in [0.5, 0.6) is 17.4 Å². The van der Waals surface area contributed by atoms with Crippen LogP contribution >= 0.6 is 0 Å². The van der Waals surface area contributed by atoms with Gasteiger partial charge in [0.1, 0.15) is 11.5 Å². The molecule has 1 N–H and O–H groups in total. The number of carbonyl (C=O) groups excluding carboxylic acids is 1. The Labute approximate surface area is 165 Å². The third-order valence-corrected chi connectivity index (χ3v) is 4.47. The van der Waals surface area contributed by atoms with E-state index in [0.29, 0.717) is 29.6 Å². The van der Waals surface area contributed by atoms with Crippen LogP contribution in [0.1, 0.15) is 26.2 Å². The van der Waals surface area contributed by atoms with Gasteiger partial charge in [-0.3, -0.25) is 0 Å². The first-order valence-corrected chi connectivity index (χ1v) is 9.63. The molecular weight excluding hydrogens is 358 g/mol. The summed E-state index contributed by atoms with van der Waals surface area (Å²) in [5.41, 5.74) is 0.625. The number of aromatic nitrogens is 1. The number of benzene rings is 1. The molecule has 0 aliphatic carbocycles. The lowest BCUT2D eigenvalue weighted by Gasteiger charge is -2.32. The molecule has 2 amide bonds. The normalized spacial score (nSPS) is 16.5. The van der Waals surface area contributed by atoms with E-state index < -0.39 is 0 Å². The molecule has 28 heavy (non-hydrogen) atoms. The van der Waals surface area contributed by atoms with Crippen molar-refractivity contribution in [3.63, 3.8) is 0 Å². The number of carbonyl (C=O) groups is 1. The van der Waals surface area contributed by atoms with Crippen molar-refractivity contribution in [2.24, 2.45) is 0 Å². The van der Waals surface area contributed by atoms with E-state index in [9.17, 15) is 4.79 Å². The summed E-state index contributed by atoms with van der Waals surface area (Å²) in [5, 5.41) is 2.89. The Bertz CT molecular complexity index is 767. The van der Waals surface area contributed by atoms with Crippen molar-refractivity contribution in [1.29, 1.82) is 0 Å². The highest BCUT2D eigenvalue weighted by atomic mass is 16.5. The van der Waals surface area contributed by atoms with Crippen LogP contribution in [0.25, 0.3) is 0 Å². The van der Waals surface area contributed by atoms with Crippen molar-refractivity contribution >= 4 is 11.7 Å². The van der Waals surface area contributed by atoms with E-state index in [-0.39, 0.29) is 12.1 Å². The maximum Gasteiger partial charge on any atom is 0.321 e. The molecule has 150 valence electrons. The predicted molar refractivity (Wildman–Crippen MR) is 107 cm³/mol. The van der Waals surface area contributed by atoms with Crippen molar-refractivity contribution in [2.45, 2.75) is 32.3 Å². The van der Waals surface area contributed by atoms with Gasteiger partial charge in [0.05, 0.1) is 25.1 Å². The second kappa shape index (κ2) is 9.94. The largest absolute Gasteiger partial charge is 0.497 e. The number of likely N-dealkylation sites (tertiary alicyclic amines) is 1. The van der Waals surface area contributed by atoms with Crippen LogP contribution in [0.3, 0.4) is 0 Å². The molecule has 7 nitrogen and oxygen atoms in total. The molecule has 1 saturated heterocycles. The fraction of sp³-hybridized carbons (Fsp3) is 0.429. The molecule has 2 heterocycles. The second-order valence-electron chi connectivity index (χ2n) is 6.68. The maximum absolute atomic E-state index is 12.5. The number of pyridine rings is 1. The van der Waals surface area contributed by atoms with Gasteiger partial charge in [0.2, 0.25) is 5.88 Å². The van der Waals surface area contributed by atoms with Crippen LogP contribution in [0, 0.1) is 0 Å². The zero-order chi connectivity index (χ0) is 19.8. The first kappa shape index (κ1) is 19.9. The molecular formula is C21H27N3O4. The molecule has 1 unspecified atom stereocenters. The van der Waals surface area contributed by atoms with Gasteiger partial charge >= 0.3 is 6.03 Å². The molecule has 7 heteroatoms. The summed E-state index contributed by atoms with van der Waals surface area (Å²) in [6.45, 7) is 4.18. The number of hydrogen-bond donors (Lipinski definition) is 1. The highest BCUT2D eigenvalue weighted by molar-refractivity contribution is 5.89. The van der Waals surface area contributed by atoms with E-state index >= 15 is 0 Å². The van der Waals surface area contributed by atoms with Crippen LogP contribution in [0.15, 0.2) is 42.6 Å². The fourth-order valence-corrected chi connectivity index (χ4v) is 3.05. The summed E-state index contributed by atoms with van der Waals surface area (Å²) >= 11 is 0. The molecule has 1 aromatic heterocycles.